The maximum absolute atomic E-state index is 14.0. The van der Waals surface area contributed by atoms with E-state index in [1.807, 2.05) is 29.8 Å². The van der Waals surface area contributed by atoms with Crippen LogP contribution in [0, 0.1) is 5.82 Å². The molecule has 0 fully saturated rings. The monoisotopic (exact) mass is 503 g/mol. The summed E-state index contributed by atoms with van der Waals surface area (Å²) in [4.78, 5) is 23.4. The second-order valence-electron chi connectivity index (χ2n) is 9.20. The van der Waals surface area contributed by atoms with Crippen LogP contribution in [0.3, 0.4) is 0 Å². The molecular formula is C27H23ClFN5O2. The number of para-hydroxylation sites is 1. The molecule has 0 saturated carbocycles. The van der Waals surface area contributed by atoms with Gasteiger partial charge >= 0.3 is 5.97 Å². The number of aromatic carboxylic acids is 1. The number of carbonyl (C=O) groups is 1. The molecule has 9 heteroatoms. The van der Waals surface area contributed by atoms with Crippen LogP contribution < -0.4 is 0 Å². The van der Waals surface area contributed by atoms with E-state index >= 15 is 0 Å². The zero-order chi connectivity index (χ0) is 25.0. The van der Waals surface area contributed by atoms with Crippen molar-refractivity contribution < 1.29 is 14.3 Å². The SMILES string of the molecule is Cn1c(CN2CCn3c(nc4c(Cc5ccc(Cl)c(F)c5)cccc43)C2)nc2ccc(C(=O)O)cc21. The maximum Gasteiger partial charge on any atom is 0.335 e. The summed E-state index contributed by atoms with van der Waals surface area (Å²) in [5, 5.41) is 9.43. The van der Waals surface area contributed by atoms with Gasteiger partial charge in [0, 0.05) is 20.1 Å². The molecule has 0 spiro atoms. The van der Waals surface area contributed by atoms with Crippen LogP contribution in [0.1, 0.15) is 33.1 Å². The largest absolute Gasteiger partial charge is 0.478 e. The second kappa shape index (κ2) is 8.72. The molecule has 0 unspecified atom stereocenters. The quantitative estimate of drug-likeness (QED) is 0.364. The molecule has 0 bridgehead atoms. The Bertz CT molecular complexity index is 1660. The van der Waals surface area contributed by atoms with Crippen molar-refractivity contribution in [1.29, 1.82) is 0 Å². The van der Waals surface area contributed by atoms with Crippen LogP contribution in [-0.2, 0) is 33.1 Å². The minimum atomic E-state index is -0.949. The number of hydrogen-bond donors (Lipinski definition) is 1. The third kappa shape index (κ3) is 3.92. The van der Waals surface area contributed by atoms with Crippen molar-refractivity contribution in [2.24, 2.45) is 7.05 Å². The van der Waals surface area contributed by atoms with Gasteiger partial charge in [0.2, 0.25) is 0 Å². The summed E-state index contributed by atoms with van der Waals surface area (Å²) >= 11 is 5.85. The van der Waals surface area contributed by atoms with E-state index in [1.165, 1.54) is 6.07 Å². The fourth-order valence-corrected chi connectivity index (χ4v) is 5.12. The molecule has 0 amide bonds. The Morgan fingerprint density at radius 2 is 1.94 bits per heavy atom. The molecule has 3 aromatic carbocycles. The van der Waals surface area contributed by atoms with Gasteiger partial charge in [-0.25, -0.2) is 19.2 Å². The summed E-state index contributed by atoms with van der Waals surface area (Å²) < 4.78 is 18.2. The van der Waals surface area contributed by atoms with E-state index in [0.29, 0.717) is 19.5 Å². The van der Waals surface area contributed by atoms with Gasteiger partial charge in [-0.15, -0.1) is 0 Å². The standard InChI is InChI=1S/C27H23ClFN5O2/c1-32-23-13-18(27(35)36)6-8-21(23)30-24(32)14-33-9-10-34-22-4-2-3-17(26(22)31-25(34)15-33)11-16-5-7-19(28)20(29)12-16/h2-8,12-13H,9-11,14-15H2,1H3,(H,35,36). The lowest BCUT2D eigenvalue weighted by Crippen LogP contribution is -2.34. The minimum Gasteiger partial charge on any atom is -0.478 e. The highest BCUT2D eigenvalue weighted by molar-refractivity contribution is 6.30. The van der Waals surface area contributed by atoms with Gasteiger partial charge in [0.25, 0.3) is 0 Å². The third-order valence-electron chi connectivity index (χ3n) is 6.91. The van der Waals surface area contributed by atoms with Crippen molar-refractivity contribution in [1.82, 2.24) is 24.0 Å². The summed E-state index contributed by atoms with van der Waals surface area (Å²) in [5.41, 5.74) is 5.76. The van der Waals surface area contributed by atoms with Crippen molar-refractivity contribution in [3.8, 4) is 0 Å². The van der Waals surface area contributed by atoms with Crippen LogP contribution in [-0.4, -0.2) is 41.6 Å². The van der Waals surface area contributed by atoms with Crippen LogP contribution in [0.2, 0.25) is 5.02 Å². The first kappa shape index (κ1) is 22.7. The lowest BCUT2D eigenvalue weighted by atomic mass is 10.0. The lowest BCUT2D eigenvalue weighted by molar-refractivity contribution is 0.0697. The Labute approximate surface area is 211 Å². The molecule has 0 atom stereocenters. The van der Waals surface area contributed by atoms with Crippen LogP contribution >= 0.6 is 11.6 Å². The molecule has 2 aromatic heterocycles. The molecule has 1 N–H and O–H groups in total. The van der Waals surface area contributed by atoms with Gasteiger partial charge in [0.1, 0.15) is 17.5 Å². The highest BCUT2D eigenvalue weighted by Crippen LogP contribution is 2.27. The van der Waals surface area contributed by atoms with E-state index in [4.69, 9.17) is 21.6 Å². The molecule has 0 saturated heterocycles. The van der Waals surface area contributed by atoms with Gasteiger partial charge in [-0.1, -0.05) is 29.8 Å². The number of aryl methyl sites for hydroxylation is 1. The summed E-state index contributed by atoms with van der Waals surface area (Å²) in [6, 6.07) is 16.1. The zero-order valence-corrected chi connectivity index (χ0v) is 20.3. The summed E-state index contributed by atoms with van der Waals surface area (Å²) in [6.07, 6.45) is 0.573. The average molecular weight is 504 g/mol. The van der Waals surface area contributed by atoms with Gasteiger partial charge in [-0.05, 0) is 53.9 Å². The fraction of sp³-hybridized carbons (Fsp3) is 0.222. The third-order valence-corrected chi connectivity index (χ3v) is 7.22. The summed E-state index contributed by atoms with van der Waals surface area (Å²) in [7, 11) is 1.92. The van der Waals surface area contributed by atoms with Crippen molar-refractivity contribution >= 4 is 39.6 Å². The number of imidazole rings is 2. The Balaban J connectivity index is 1.27. The fourth-order valence-electron chi connectivity index (χ4n) is 5.01. The minimum absolute atomic E-state index is 0.123. The normalized spacial score (nSPS) is 14.0. The van der Waals surface area contributed by atoms with E-state index in [1.54, 1.807) is 24.3 Å². The second-order valence-corrected chi connectivity index (χ2v) is 9.60. The number of nitrogens with zero attached hydrogens (tertiary/aromatic N) is 5. The number of benzene rings is 3. The molecule has 5 aromatic rings. The van der Waals surface area contributed by atoms with Crippen LogP contribution in [0.5, 0.6) is 0 Å². The van der Waals surface area contributed by atoms with E-state index in [0.717, 1.165) is 57.9 Å². The molecule has 3 heterocycles. The number of carboxylic acids is 1. The Morgan fingerprint density at radius 1 is 1.08 bits per heavy atom. The topological polar surface area (TPSA) is 76.2 Å². The van der Waals surface area contributed by atoms with Gasteiger partial charge in [0.05, 0.1) is 45.7 Å². The Morgan fingerprint density at radius 3 is 2.75 bits per heavy atom. The number of hydrogen-bond acceptors (Lipinski definition) is 4. The molecule has 7 nitrogen and oxygen atoms in total. The van der Waals surface area contributed by atoms with Crippen molar-refractivity contribution in [3.05, 3.63) is 93.8 Å². The van der Waals surface area contributed by atoms with Crippen molar-refractivity contribution in [2.45, 2.75) is 26.1 Å². The van der Waals surface area contributed by atoms with Gasteiger partial charge in [0.15, 0.2) is 0 Å². The molecule has 1 aliphatic rings. The molecule has 6 rings (SSSR count). The van der Waals surface area contributed by atoms with E-state index in [-0.39, 0.29) is 10.6 Å². The first-order chi connectivity index (χ1) is 17.4. The van der Waals surface area contributed by atoms with Gasteiger partial charge < -0.3 is 14.2 Å². The van der Waals surface area contributed by atoms with Crippen LogP contribution in [0.25, 0.3) is 22.1 Å². The number of fused-ring (bicyclic) bond motifs is 4. The zero-order valence-electron chi connectivity index (χ0n) is 19.6. The first-order valence-electron chi connectivity index (χ1n) is 11.7. The van der Waals surface area contributed by atoms with Crippen LogP contribution in [0.4, 0.5) is 4.39 Å². The van der Waals surface area contributed by atoms with Gasteiger partial charge in [-0.3, -0.25) is 4.90 Å². The highest BCUT2D eigenvalue weighted by Gasteiger charge is 2.23. The number of halogens is 2. The van der Waals surface area contributed by atoms with Crippen LogP contribution in [0.15, 0.2) is 54.6 Å². The molecular weight excluding hydrogens is 481 g/mol. The molecule has 182 valence electrons. The smallest absolute Gasteiger partial charge is 0.335 e. The molecule has 0 radical (unpaired) electrons. The lowest BCUT2D eigenvalue weighted by Gasteiger charge is -2.27. The predicted octanol–water partition coefficient (Wildman–Crippen LogP) is 5.02. The van der Waals surface area contributed by atoms with E-state index < -0.39 is 11.8 Å². The Kier molecular flexibility index (Phi) is 5.50. The Hall–Kier alpha value is -3.75. The molecule has 1 aliphatic heterocycles. The van der Waals surface area contributed by atoms with Crippen molar-refractivity contribution in [3.63, 3.8) is 0 Å². The summed E-state index contributed by atoms with van der Waals surface area (Å²) in [6.45, 7) is 2.95. The number of rotatable bonds is 5. The summed E-state index contributed by atoms with van der Waals surface area (Å²) in [5.74, 6) is 0.498. The van der Waals surface area contributed by atoms with E-state index in [9.17, 15) is 14.3 Å². The first-order valence-corrected chi connectivity index (χ1v) is 12.1. The van der Waals surface area contributed by atoms with Crippen molar-refractivity contribution in [2.75, 3.05) is 6.54 Å². The highest BCUT2D eigenvalue weighted by atomic mass is 35.5. The molecule has 36 heavy (non-hydrogen) atoms. The number of carboxylic acid groups (broad SMARTS) is 1. The van der Waals surface area contributed by atoms with Gasteiger partial charge in [-0.2, -0.15) is 0 Å². The average Bonchev–Trinajstić information content (AvgIpc) is 3.39. The maximum atomic E-state index is 14.0. The number of aromatic nitrogens is 4. The molecule has 0 aliphatic carbocycles. The van der Waals surface area contributed by atoms with E-state index in [2.05, 4.69) is 15.5 Å². The predicted molar refractivity (Wildman–Crippen MR) is 136 cm³/mol.